The second kappa shape index (κ2) is 10.8. The highest BCUT2D eigenvalue weighted by molar-refractivity contribution is 6.09. The van der Waals surface area contributed by atoms with Gasteiger partial charge in [-0.1, -0.05) is 54.6 Å². The summed E-state index contributed by atoms with van der Waals surface area (Å²) in [6, 6.07) is 26.5. The summed E-state index contributed by atoms with van der Waals surface area (Å²) in [6.45, 7) is 0.295. The number of benzene rings is 4. The Kier molecular flexibility index (Phi) is 7.22. The highest BCUT2D eigenvalue weighted by Gasteiger charge is 2.13. The average molecular weight is 479 g/mol. The van der Waals surface area contributed by atoms with Gasteiger partial charge in [0.15, 0.2) is 11.5 Å². The van der Waals surface area contributed by atoms with Crippen molar-refractivity contribution in [2.24, 2.45) is 0 Å². The first-order valence-electron chi connectivity index (χ1n) is 10.9. The summed E-state index contributed by atoms with van der Waals surface area (Å²) in [7, 11) is 1.53. The number of amides is 1. The number of nitrogens with zero attached hydrogens (tertiary/aromatic N) is 2. The Bertz CT molecular complexity index is 1520. The zero-order valence-corrected chi connectivity index (χ0v) is 19.3. The van der Waals surface area contributed by atoms with Crippen LogP contribution in [0.3, 0.4) is 0 Å². The van der Waals surface area contributed by atoms with Gasteiger partial charge in [-0.15, -0.1) is 0 Å². The number of nitro groups is 1. The number of methoxy groups -OCH3 is 1. The van der Waals surface area contributed by atoms with Crippen molar-refractivity contribution in [3.8, 4) is 17.6 Å². The minimum atomic E-state index is -0.688. The molecule has 1 N–H and O–H groups in total. The molecule has 8 nitrogen and oxygen atoms in total. The van der Waals surface area contributed by atoms with Gasteiger partial charge in [-0.05, 0) is 46.2 Å². The molecule has 4 rings (SSSR count). The third-order valence-electron chi connectivity index (χ3n) is 5.44. The number of rotatable bonds is 8. The molecule has 4 aromatic carbocycles. The van der Waals surface area contributed by atoms with Crippen LogP contribution in [-0.2, 0) is 11.4 Å². The summed E-state index contributed by atoms with van der Waals surface area (Å²) >= 11 is 0. The molecule has 0 heterocycles. The molecule has 0 unspecified atom stereocenters. The lowest BCUT2D eigenvalue weighted by atomic mass is 10.1. The number of nitriles is 1. The third-order valence-corrected chi connectivity index (χ3v) is 5.44. The van der Waals surface area contributed by atoms with Crippen molar-refractivity contribution in [3.63, 3.8) is 0 Å². The molecule has 0 aliphatic carbocycles. The number of carbonyl (C=O) groups is 1. The van der Waals surface area contributed by atoms with Crippen molar-refractivity contribution in [1.29, 1.82) is 5.26 Å². The van der Waals surface area contributed by atoms with E-state index in [2.05, 4.69) is 5.32 Å². The van der Waals surface area contributed by atoms with Gasteiger partial charge in [0.25, 0.3) is 11.6 Å². The smallest absolute Gasteiger partial charge is 0.271 e. The Morgan fingerprint density at radius 3 is 2.58 bits per heavy atom. The minimum absolute atomic E-state index is 0.168. The maximum absolute atomic E-state index is 12.6. The van der Waals surface area contributed by atoms with E-state index in [1.54, 1.807) is 18.2 Å². The zero-order chi connectivity index (χ0) is 25.5. The Labute approximate surface area is 207 Å². The average Bonchev–Trinajstić information content (AvgIpc) is 2.90. The van der Waals surface area contributed by atoms with Crippen LogP contribution < -0.4 is 14.8 Å². The molecule has 1 amide bonds. The molecule has 0 aromatic heterocycles. The number of hydrogen-bond acceptors (Lipinski definition) is 6. The van der Waals surface area contributed by atoms with Crippen LogP contribution in [0, 0.1) is 21.4 Å². The number of fused-ring (bicyclic) bond motifs is 1. The first-order chi connectivity index (χ1) is 17.5. The molecule has 36 heavy (non-hydrogen) atoms. The molecule has 8 heteroatoms. The Morgan fingerprint density at radius 2 is 1.81 bits per heavy atom. The highest BCUT2D eigenvalue weighted by Crippen LogP contribution is 2.31. The molecule has 0 bridgehead atoms. The van der Waals surface area contributed by atoms with Crippen molar-refractivity contribution < 1.29 is 19.2 Å². The van der Waals surface area contributed by atoms with Crippen LogP contribution in [0.2, 0.25) is 0 Å². The molecule has 0 saturated heterocycles. The van der Waals surface area contributed by atoms with Crippen LogP contribution >= 0.6 is 0 Å². The van der Waals surface area contributed by atoms with E-state index >= 15 is 0 Å². The van der Waals surface area contributed by atoms with Gasteiger partial charge in [0, 0.05) is 17.8 Å². The number of carbonyl (C=O) groups excluding carboxylic acids is 1. The fraction of sp³-hybridized carbons (Fsp3) is 0.0714. The van der Waals surface area contributed by atoms with E-state index in [4.69, 9.17) is 9.47 Å². The number of nitrogens with one attached hydrogen (secondary N) is 1. The molecular weight excluding hydrogens is 458 g/mol. The summed E-state index contributed by atoms with van der Waals surface area (Å²) in [5.74, 6) is 0.273. The van der Waals surface area contributed by atoms with Crippen LogP contribution in [-0.4, -0.2) is 17.9 Å². The zero-order valence-electron chi connectivity index (χ0n) is 19.3. The normalized spacial score (nSPS) is 10.9. The molecule has 0 aliphatic heterocycles. The van der Waals surface area contributed by atoms with E-state index in [9.17, 15) is 20.2 Å². The topological polar surface area (TPSA) is 114 Å². The maximum Gasteiger partial charge on any atom is 0.271 e. The van der Waals surface area contributed by atoms with Gasteiger partial charge >= 0.3 is 0 Å². The number of non-ortho nitro benzene ring substituents is 1. The second-order valence-electron chi connectivity index (χ2n) is 7.77. The van der Waals surface area contributed by atoms with Crippen molar-refractivity contribution in [3.05, 3.63) is 112 Å². The Balaban J connectivity index is 1.56. The molecule has 4 aromatic rings. The second-order valence-corrected chi connectivity index (χ2v) is 7.77. The van der Waals surface area contributed by atoms with Crippen LogP contribution in [0.15, 0.2) is 90.5 Å². The summed E-state index contributed by atoms with van der Waals surface area (Å²) in [6.07, 6.45) is 1.41. The molecule has 0 saturated carbocycles. The monoisotopic (exact) mass is 479 g/mol. The fourth-order valence-corrected chi connectivity index (χ4v) is 3.68. The van der Waals surface area contributed by atoms with Crippen LogP contribution in [0.25, 0.3) is 16.8 Å². The SMILES string of the molecule is COc1ccc(/C=C(\C#N)C(=O)Nc2cccc([N+](=O)[O-])c2)cc1OCc1cccc2ccccc12. The van der Waals surface area contributed by atoms with E-state index in [1.807, 2.05) is 48.5 Å². The fourth-order valence-electron chi connectivity index (χ4n) is 3.68. The van der Waals surface area contributed by atoms with Gasteiger partial charge in [-0.25, -0.2) is 0 Å². The summed E-state index contributed by atoms with van der Waals surface area (Å²) in [4.78, 5) is 23.1. The molecule has 0 aliphatic rings. The Hall–Kier alpha value is -5.16. The van der Waals surface area contributed by atoms with Crippen molar-refractivity contribution in [2.45, 2.75) is 6.61 Å². The van der Waals surface area contributed by atoms with Crippen molar-refractivity contribution >= 4 is 34.1 Å². The van der Waals surface area contributed by atoms with Gasteiger partial charge in [0.1, 0.15) is 18.2 Å². The summed E-state index contributed by atoms with van der Waals surface area (Å²) < 4.78 is 11.5. The number of nitro benzene ring substituents is 1. The van der Waals surface area contributed by atoms with Gasteiger partial charge in [-0.3, -0.25) is 14.9 Å². The van der Waals surface area contributed by atoms with E-state index in [0.29, 0.717) is 23.7 Å². The lowest BCUT2D eigenvalue weighted by Gasteiger charge is -2.13. The van der Waals surface area contributed by atoms with Gasteiger partial charge in [-0.2, -0.15) is 5.26 Å². The first kappa shape index (κ1) is 24.0. The lowest BCUT2D eigenvalue weighted by Crippen LogP contribution is -2.13. The number of ether oxygens (including phenoxy) is 2. The van der Waals surface area contributed by atoms with E-state index in [-0.39, 0.29) is 16.9 Å². The molecular formula is C28H21N3O5. The van der Waals surface area contributed by atoms with Gasteiger partial charge in [0.2, 0.25) is 0 Å². The van der Waals surface area contributed by atoms with Crippen molar-refractivity contribution in [1.82, 2.24) is 0 Å². The van der Waals surface area contributed by atoms with Crippen LogP contribution in [0.1, 0.15) is 11.1 Å². The van der Waals surface area contributed by atoms with Crippen LogP contribution in [0.5, 0.6) is 11.5 Å². The molecule has 0 fully saturated rings. The van der Waals surface area contributed by atoms with E-state index in [1.165, 1.54) is 37.5 Å². The van der Waals surface area contributed by atoms with Gasteiger partial charge in [0.05, 0.1) is 12.0 Å². The number of hydrogen-bond donors (Lipinski definition) is 1. The third kappa shape index (κ3) is 5.48. The predicted octanol–water partition coefficient (Wildman–Crippen LogP) is 5.88. The van der Waals surface area contributed by atoms with Crippen molar-refractivity contribution in [2.75, 3.05) is 12.4 Å². The molecule has 178 valence electrons. The molecule has 0 atom stereocenters. The van der Waals surface area contributed by atoms with E-state index < -0.39 is 10.8 Å². The highest BCUT2D eigenvalue weighted by atomic mass is 16.6. The molecule has 0 spiro atoms. The first-order valence-corrected chi connectivity index (χ1v) is 10.9. The molecule has 0 radical (unpaired) electrons. The summed E-state index contributed by atoms with van der Waals surface area (Å²) in [5, 5.41) is 25.2. The minimum Gasteiger partial charge on any atom is -0.493 e. The lowest BCUT2D eigenvalue weighted by molar-refractivity contribution is -0.384. The van der Waals surface area contributed by atoms with Gasteiger partial charge < -0.3 is 14.8 Å². The maximum atomic E-state index is 12.6. The van der Waals surface area contributed by atoms with Crippen LogP contribution in [0.4, 0.5) is 11.4 Å². The predicted molar refractivity (Wildman–Crippen MR) is 137 cm³/mol. The Morgan fingerprint density at radius 1 is 1.03 bits per heavy atom. The largest absolute Gasteiger partial charge is 0.493 e. The quantitative estimate of drug-likeness (QED) is 0.146. The standard InChI is InChI=1S/C28H21N3O5/c1-35-26-13-12-19(14-22(17-29)28(32)30-23-9-5-10-24(16-23)31(33)34)15-27(26)36-18-21-8-4-7-20-6-2-3-11-25(20)21/h2-16H,18H2,1H3,(H,30,32)/b22-14+. The van der Waals surface area contributed by atoms with E-state index in [0.717, 1.165) is 16.3 Å². The number of anilines is 1. The summed E-state index contributed by atoms with van der Waals surface area (Å²) in [5.41, 5.74) is 1.42.